The van der Waals surface area contributed by atoms with Gasteiger partial charge >= 0.3 is 0 Å². The number of anilines is 2. The van der Waals surface area contributed by atoms with Gasteiger partial charge in [0.25, 0.3) is 0 Å². The Labute approximate surface area is 156 Å². The Morgan fingerprint density at radius 2 is 1.81 bits per heavy atom. The lowest BCUT2D eigenvalue weighted by Gasteiger charge is -2.11. The number of carbonyl (C=O) groups excluding carboxylic acids is 1. The molecule has 3 aromatic heterocycles. The van der Waals surface area contributed by atoms with Crippen molar-refractivity contribution in [2.24, 2.45) is 0 Å². The minimum Gasteiger partial charge on any atom is -0.383 e. The van der Waals surface area contributed by atoms with Crippen LogP contribution in [0, 0.1) is 6.92 Å². The minimum absolute atomic E-state index is 0.388. The summed E-state index contributed by atoms with van der Waals surface area (Å²) >= 11 is 0. The van der Waals surface area contributed by atoms with Crippen LogP contribution < -0.4 is 11.1 Å². The summed E-state index contributed by atoms with van der Waals surface area (Å²) in [6, 6.07) is 15.8. The first kappa shape index (κ1) is 16.7. The van der Waals surface area contributed by atoms with Crippen molar-refractivity contribution in [2.75, 3.05) is 11.1 Å². The normalized spacial score (nSPS) is 10.7. The predicted molar refractivity (Wildman–Crippen MR) is 107 cm³/mol. The highest BCUT2D eigenvalue weighted by Gasteiger charge is 2.11. The van der Waals surface area contributed by atoms with Gasteiger partial charge in [0.1, 0.15) is 11.6 Å². The van der Waals surface area contributed by atoms with Gasteiger partial charge in [0.2, 0.25) is 6.41 Å². The van der Waals surface area contributed by atoms with Crippen LogP contribution in [0.2, 0.25) is 0 Å². The Hall–Kier alpha value is -3.80. The van der Waals surface area contributed by atoms with Crippen LogP contribution in [-0.4, -0.2) is 21.4 Å². The van der Waals surface area contributed by atoms with E-state index in [-0.39, 0.29) is 0 Å². The number of aromatic nitrogens is 3. The van der Waals surface area contributed by atoms with E-state index in [2.05, 4.69) is 20.3 Å². The molecule has 27 heavy (non-hydrogen) atoms. The van der Waals surface area contributed by atoms with Crippen molar-refractivity contribution >= 4 is 28.8 Å². The van der Waals surface area contributed by atoms with Crippen molar-refractivity contribution in [3.63, 3.8) is 0 Å². The molecule has 132 valence electrons. The number of rotatable bonds is 4. The van der Waals surface area contributed by atoms with E-state index in [0.29, 0.717) is 18.0 Å². The van der Waals surface area contributed by atoms with Crippen LogP contribution in [0.15, 0.2) is 60.9 Å². The highest BCUT2D eigenvalue weighted by atomic mass is 16.1. The van der Waals surface area contributed by atoms with Crippen molar-refractivity contribution in [1.29, 1.82) is 0 Å². The zero-order chi connectivity index (χ0) is 18.8. The number of carbonyl (C=O) groups is 1. The van der Waals surface area contributed by atoms with Crippen LogP contribution in [0.4, 0.5) is 11.6 Å². The molecule has 0 aliphatic heterocycles. The number of hydrogen-bond donors (Lipinski definition) is 2. The summed E-state index contributed by atoms with van der Waals surface area (Å²) in [6.45, 7) is 2.03. The fourth-order valence-corrected chi connectivity index (χ4v) is 3.04. The lowest BCUT2D eigenvalue weighted by Crippen LogP contribution is -2.00. The molecule has 1 aromatic carbocycles. The first-order valence-electron chi connectivity index (χ1n) is 8.44. The lowest BCUT2D eigenvalue weighted by atomic mass is 10.0. The summed E-state index contributed by atoms with van der Waals surface area (Å²) in [5.41, 5.74) is 10.8. The van der Waals surface area contributed by atoms with E-state index in [4.69, 9.17) is 5.73 Å². The number of benzene rings is 1. The van der Waals surface area contributed by atoms with E-state index >= 15 is 0 Å². The number of nitrogens with one attached hydrogen (secondary N) is 1. The molecule has 0 fully saturated rings. The summed E-state index contributed by atoms with van der Waals surface area (Å²) in [5, 5.41) is 4.14. The summed E-state index contributed by atoms with van der Waals surface area (Å²) in [4.78, 5) is 23.9. The zero-order valence-corrected chi connectivity index (χ0v) is 14.7. The zero-order valence-electron chi connectivity index (χ0n) is 14.7. The number of nitrogens with zero attached hydrogens (tertiary/aromatic N) is 3. The van der Waals surface area contributed by atoms with Gasteiger partial charge in [-0.1, -0.05) is 30.3 Å². The standard InChI is InChI=1S/C21H17N5O/c1-13-7-18(14-5-3-2-4-6-14)23-10-16(13)19-8-15-9-20(25-12-27)24-11-17(15)21(22)26-19/h2-12H,1H3,(H2,22,26)(H,24,25,27). The molecule has 0 aliphatic rings. The van der Waals surface area contributed by atoms with Gasteiger partial charge in [-0.05, 0) is 36.1 Å². The third kappa shape index (κ3) is 3.20. The lowest BCUT2D eigenvalue weighted by molar-refractivity contribution is -0.105. The van der Waals surface area contributed by atoms with Gasteiger partial charge in [-0.25, -0.2) is 9.97 Å². The fraction of sp³-hybridized carbons (Fsp3) is 0.0476. The Morgan fingerprint density at radius 1 is 1.00 bits per heavy atom. The molecule has 4 aromatic rings. The molecule has 0 bridgehead atoms. The van der Waals surface area contributed by atoms with Gasteiger partial charge in [-0.2, -0.15) is 0 Å². The van der Waals surface area contributed by atoms with E-state index < -0.39 is 0 Å². The van der Waals surface area contributed by atoms with Crippen molar-refractivity contribution < 1.29 is 4.79 Å². The monoisotopic (exact) mass is 355 g/mol. The molecule has 0 saturated heterocycles. The maximum absolute atomic E-state index is 10.7. The topological polar surface area (TPSA) is 93.8 Å². The summed E-state index contributed by atoms with van der Waals surface area (Å²) < 4.78 is 0. The van der Waals surface area contributed by atoms with Gasteiger partial charge in [0.15, 0.2) is 0 Å². The number of pyridine rings is 3. The van der Waals surface area contributed by atoms with Crippen LogP contribution in [0.5, 0.6) is 0 Å². The Kier molecular flexibility index (Phi) is 4.22. The molecule has 3 N–H and O–H groups in total. The molecule has 0 atom stereocenters. The Balaban J connectivity index is 1.80. The van der Waals surface area contributed by atoms with E-state index in [1.807, 2.05) is 55.6 Å². The summed E-state index contributed by atoms with van der Waals surface area (Å²) in [7, 11) is 0. The molecule has 4 rings (SSSR count). The van der Waals surface area contributed by atoms with Crippen LogP contribution >= 0.6 is 0 Å². The Bertz CT molecular complexity index is 1140. The number of fused-ring (bicyclic) bond motifs is 1. The minimum atomic E-state index is 0.388. The smallest absolute Gasteiger partial charge is 0.212 e. The highest BCUT2D eigenvalue weighted by molar-refractivity contribution is 5.95. The molecule has 0 radical (unpaired) electrons. The summed E-state index contributed by atoms with van der Waals surface area (Å²) in [5.74, 6) is 0.850. The van der Waals surface area contributed by atoms with E-state index in [1.165, 1.54) is 0 Å². The van der Waals surface area contributed by atoms with E-state index in [0.717, 1.165) is 38.9 Å². The molecule has 0 saturated carbocycles. The summed E-state index contributed by atoms with van der Waals surface area (Å²) in [6.07, 6.45) is 4.02. The number of aryl methyl sites for hydroxylation is 1. The van der Waals surface area contributed by atoms with E-state index in [1.54, 1.807) is 12.3 Å². The van der Waals surface area contributed by atoms with Crippen molar-refractivity contribution in [3.05, 3.63) is 66.5 Å². The largest absolute Gasteiger partial charge is 0.383 e. The van der Waals surface area contributed by atoms with Crippen molar-refractivity contribution in [1.82, 2.24) is 15.0 Å². The molecule has 6 nitrogen and oxygen atoms in total. The van der Waals surface area contributed by atoms with Gasteiger partial charge in [-0.3, -0.25) is 9.78 Å². The maximum atomic E-state index is 10.7. The van der Waals surface area contributed by atoms with E-state index in [9.17, 15) is 4.79 Å². The van der Waals surface area contributed by atoms with Crippen molar-refractivity contribution in [3.8, 4) is 22.5 Å². The molecule has 3 heterocycles. The average molecular weight is 355 g/mol. The average Bonchev–Trinajstić information content (AvgIpc) is 2.68. The number of nitrogen functional groups attached to an aromatic ring is 1. The van der Waals surface area contributed by atoms with Gasteiger partial charge in [0, 0.05) is 28.9 Å². The fourth-order valence-electron chi connectivity index (χ4n) is 3.04. The second-order valence-corrected chi connectivity index (χ2v) is 6.20. The van der Waals surface area contributed by atoms with Crippen LogP contribution in [-0.2, 0) is 4.79 Å². The third-order valence-corrected chi connectivity index (χ3v) is 4.41. The molecule has 0 aliphatic carbocycles. The molecular weight excluding hydrogens is 338 g/mol. The highest BCUT2D eigenvalue weighted by Crippen LogP contribution is 2.30. The van der Waals surface area contributed by atoms with Crippen LogP contribution in [0.3, 0.4) is 0 Å². The van der Waals surface area contributed by atoms with Gasteiger partial charge in [-0.15, -0.1) is 0 Å². The first-order chi connectivity index (χ1) is 13.2. The second-order valence-electron chi connectivity index (χ2n) is 6.20. The molecular formula is C21H17N5O. The third-order valence-electron chi connectivity index (χ3n) is 4.41. The van der Waals surface area contributed by atoms with Crippen LogP contribution in [0.1, 0.15) is 5.56 Å². The van der Waals surface area contributed by atoms with Gasteiger partial charge < -0.3 is 11.1 Å². The number of amides is 1. The molecule has 0 unspecified atom stereocenters. The maximum Gasteiger partial charge on any atom is 0.212 e. The number of hydrogen-bond acceptors (Lipinski definition) is 5. The second kappa shape index (κ2) is 6.84. The quantitative estimate of drug-likeness (QED) is 0.543. The molecule has 1 amide bonds. The Morgan fingerprint density at radius 3 is 2.56 bits per heavy atom. The first-order valence-corrected chi connectivity index (χ1v) is 8.44. The molecule has 6 heteroatoms. The molecule has 0 spiro atoms. The van der Waals surface area contributed by atoms with Gasteiger partial charge in [0.05, 0.1) is 11.4 Å². The van der Waals surface area contributed by atoms with Crippen LogP contribution in [0.25, 0.3) is 33.3 Å². The van der Waals surface area contributed by atoms with Crippen molar-refractivity contribution in [2.45, 2.75) is 6.92 Å². The SMILES string of the molecule is Cc1cc(-c2ccccc2)ncc1-c1cc2cc(NC=O)ncc2c(N)n1. The predicted octanol–water partition coefficient (Wildman–Crippen LogP) is 3.82. The number of nitrogens with two attached hydrogens (primary N) is 1.